The van der Waals surface area contributed by atoms with Crippen LogP contribution in [0.1, 0.15) is 43.7 Å². The minimum absolute atomic E-state index is 0.0171. The fourth-order valence-electron chi connectivity index (χ4n) is 3.89. The second-order valence-corrected chi connectivity index (χ2v) is 7.03. The van der Waals surface area contributed by atoms with Gasteiger partial charge in [-0.2, -0.15) is 0 Å². The van der Waals surface area contributed by atoms with Crippen molar-refractivity contribution in [1.82, 2.24) is 9.97 Å². The van der Waals surface area contributed by atoms with E-state index >= 15 is 0 Å². The van der Waals surface area contributed by atoms with Gasteiger partial charge in [-0.25, -0.2) is 9.97 Å². The van der Waals surface area contributed by atoms with E-state index in [4.69, 9.17) is 9.72 Å². The molecule has 0 spiro atoms. The summed E-state index contributed by atoms with van der Waals surface area (Å²) in [6.07, 6.45) is 7.26. The van der Waals surface area contributed by atoms with Gasteiger partial charge in [0.2, 0.25) is 11.9 Å². The Kier molecular flexibility index (Phi) is 4.73. The summed E-state index contributed by atoms with van der Waals surface area (Å²) in [5, 5.41) is 3.35. The molecule has 1 N–H and O–H groups in total. The van der Waals surface area contributed by atoms with Crippen LogP contribution in [0.4, 0.5) is 11.6 Å². The quantitative estimate of drug-likeness (QED) is 0.894. The normalized spacial score (nSPS) is 20.6. The fourth-order valence-corrected chi connectivity index (χ4v) is 3.89. The largest absolute Gasteiger partial charge is 0.497 e. The van der Waals surface area contributed by atoms with Crippen LogP contribution >= 0.6 is 0 Å². The van der Waals surface area contributed by atoms with Crippen LogP contribution in [0.3, 0.4) is 0 Å². The van der Waals surface area contributed by atoms with Crippen molar-refractivity contribution in [3.63, 3.8) is 0 Å². The molecule has 26 heavy (non-hydrogen) atoms. The molecule has 0 unspecified atom stereocenters. The smallest absolute Gasteiger partial charge is 0.229 e. The Hall–Kier alpha value is -2.63. The zero-order valence-electron chi connectivity index (χ0n) is 15.0. The number of rotatable bonds is 5. The molecular weight excluding hydrogens is 328 g/mol. The molecule has 6 heteroatoms. The lowest BCUT2D eigenvalue weighted by molar-refractivity contribution is -0.117. The number of aromatic nitrogens is 2. The van der Waals surface area contributed by atoms with Gasteiger partial charge in [-0.1, -0.05) is 12.8 Å². The maximum Gasteiger partial charge on any atom is 0.229 e. The first-order valence-corrected chi connectivity index (χ1v) is 9.27. The minimum Gasteiger partial charge on any atom is -0.497 e. The number of amides is 1. The first-order chi connectivity index (χ1) is 12.7. The topological polar surface area (TPSA) is 67.3 Å². The Morgan fingerprint density at radius 1 is 1.15 bits per heavy atom. The van der Waals surface area contributed by atoms with Gasteiger partial charge < -0.3 is 15.0 Å². The van der Waals surface area contributed by atoms with Gasteiger partial charge in [-0.05, 0) is 43.2 Å². The summed E-state index contributed by atoms with van der Waals surface area (Å²) < 4.78 is 5.18. The summed E-state index contributed by atoms with van der Waals surface area (Å²) >= 11 is 0. The van der Waals surface area contributed by atoms with Crippen LogP contribution in [0.5, 0.6) is 5.75 Å². The van der Waals surface area contributed by atoms with Gasteiger partial charge in [0.05, 0.1) is 13.2 Å². The molecule has 4 rings (SSSR count). The lowest BCUT2D eigenvalue weighted by Crippen LogP contribution is -2.28. The van der Waals surface area contributed by atoms with Gasteiger partial charge in [0.15, 0.2) is 0 Å². The molecule has 1 atom stereocenters. The summed E-state index contributed by atoms with van der Waals surface area (Å²) in [6, 6.07) is 9.61. The molecule has 0 bridgehead atoms. The molecule has 6 nitrogen and oxygen atoms in total. The number of benzene rings is 1. The van der Waals surface area contributed by atoms with Crippen LogP contribution in [0.15, 0.2) is 36.5 Å². The third-order valence-electron chi connectivity index (χ3n) is 5.29. The standard InChI is InChI=1S/C20H24N4O2/c1-26-17-8-6-16(7-9-17)24-13-15(12-19(24)25)22-20-21-11-10-18(23-20)14-4-2-3-5-14/h6-11,14-15H,2-5,12-13H2,1H3,(H,21,22,23)/t15-/m0/s1. The third-order valence-corrected chi connectivity index (χ3v) is 5.29. The molecule has 1 saturated heterocycles. The molecule has 2 aliphatic rings. The number of hydrogen-bond acceptors (Lipinski definition) is 5. The predicted molar refractivity (Wildman–Crippen MR) is 101 cm³/mol. The van der Waals surface area contributed by atoms with E-state index in [2.05, 4.69) is 10.3 Å². The number of nitrogens with one attached hydrogen (secondary N) is 1. The Bertz CT molecular complexity index is 772. The third kappa shape index (κ3) is 3.49. The number of carbonyl (C=O) groups is 1. The summed E-state index contributed by atoms with van der Waals surface area (Å²) in [5.41, 5.74) is 2.01. The predicted octanol–water partition coefficient (Wildman–Crippen LogP) is 3.36. The molecular formula is C20H24N4O2. The average Bonchev–Trinajstić information content (AvgIpc) is 3.32. The van der Waals surface area contributed by atoms with Crippen LogP contribution in [-0.2, 0) is 4.79 Å². The maximum atomic E-state index is 12.4. The van der Waals surface area contributed by atoms with Crippen LogP contribution in [0, 0.1) is 0 Å². The molecule has 2 heterocycles. The summed E-state index contributed by atoms with van der Waals surface area (Å²) in [5.74, 6) is 2.08. The van der Waals surface area contributed by atoms with E-state index in [1.54, 1.807) is 12.0 Å². The number of nitrogens with zero attached hydrogens (tertiary/aromatic N) is 3. The van der Waals surface area contributed by atoms with Crippen LogP contribution < -0.4 is 15.0 Å². The van der Waals surface area contributed by atoms with Crippen molar-refractivity contribution < 1.29 is 9.53 Å². The Labute approximate surface area is 153 Å². The molecule has 0 radical (unpaired) electrons. The van der Waals surface area contributed by atoms with Crippen molar-refractivity contribution >= 4 is 17.5 Å². The van der Waals surface area contributed by atoms with Gasteiger partial charge in [0.25, 0.3) is 0 Å². The number of methoxy groups -OCH3 is 1. The van der Waals surface area contributed by atoms with Crippen molar-refractivity contribution in [2.75, 3.05) is 23.9 Å². The van der Waals surface area contributed by atoms with E-state index < -0.39 is 0 Å². The zero-order valence-corrected chi connectivity index (χ0v) is 15.0. The highest BCUT2D eigenvalue weighted by molar-refractivity contribution is 5.96. The summed E-state index contributed by atoms with van der Waals surface area (Å²) in [4.78, 5) is 23.3. The zero-order chi connectivity index (χ0) is 17.9. The van der Waals surface area contributed by atoms with Gasteiger partial charge >= 0.3 is 0 Å². The Morgan fingerprint density at radius 2 is 1.92 bits per heavy atom. The fraction of sp³-hybridized carbons (Fsp3) is 0.450. The molecule has 2 fully saturated rings. The van der Waals surface area contributed by atoms with Crippen LogP contribution in [0.2, 0.25) is 0 Å². The van der Waals surface area contributed by atoms with E-state index in [-0.39, 0.29) is 11.9 Å². The number of ether oxygens (including phenoxy) is 1. The first kappa shape index (κ1) is 16.8. The SMILES string of the molecule is COc1ccc(N2C[C@@H](Nc3nccc(C4CCCC4)n3)CC2=O)cc1. The maximum absolute atomic E-state index is 12.4. The molecule has 1 amide bonds. The summed E-state index contributed by atoms with van der Waals surface area (Å²) in [7, 11) is 1.63. The molecule has 1 aliphatic carbocycles. The van der Waals surface area contributed by atoms with Gasteiger partial charge in [0, 0.05) is 36.5 Å². The van der Waals surface area contributed by atoms with E-state index in [9.17, 15) is 4.79 Å². The molecule has 1 saturated carbocycles. The lowest BCUT2D eigenvalue weighted by atomic mass is 10.0. The van der Waals surface area contributed by atoms with E-state index in [0.29, 0.717) is 24.8 Å². The van der Waals surface area contributed by atoms with Crippen LogP contribution in [0.25, 0.3) is 0 Å². The number of hydrogen-bond donors (Lipinski definition) is 1. The van der Waals surface area contributed by atoms with Crippen LogP contribution in [-0.4, -0.2) is 35.6 Å². The van der Waals surface area contributed by atoms with Gasteiger partial charge in [-0.3, -0.25) is 4.79 Å². The van der Waals surface area contributed by atoms with Crippen molar-refractivity contribution in [2.45, 2.75) is 44.1 Å². The Morgan fingerprint density at radius 3 is 2.65 bits per heavy atom. The second kappa shape index (κ2) is 7.32. The molecule has 136 valence electrons. The van der Waals surface area contributed by atoms with E-state index in [0.717, 1.165) is 17.1 Å². The highest BCUT2D eigenvalue weighted by Gasteiger charge is 2.31. The monoisotopic (exact) mass is 352 g/mol. The lowest BCUT2D eigenvalue weighted by Gasteiger charge is -2.18. The van der Waals surface area contributed by atoms with Crippen molar-refractivity contribution in [3.05, 3.63) is 42.2 Å². The molecule has 1 aliphatic heterocycles. The minimum atomic E-state index is 0.0171. The number of anilines is 2. The summed E-state index contributed by atoms with van der Waals surface area (Å²) in [6.45, 7) is 0.613. The molecule has 2 aromatic rings. The van der Waals surface area contributed by atoms with E-state index in [1.807, 2.05) is 36.5 Å². The molecule has 1 aromatic carbocycles. The second-order valence-electron chi connectivity index (χ2n) is 7.03. The van der Waals surface area contributed by atoms with Crippen molar-refractivity contribution in [3.8, 4) is 5.75 Å². The highest BCUT2D eigenvalue weighted by Crippen LogP contribution is 2.33. The van der Waals surface area contributed by atoms with Gasteiger partial charge in [0.1, 0.15) is 5.75 Å². The average molecular weight is 352 g/mol. The van der Waals surface area contributed by atoms with Crippen molar-refractivity contribution in [1.29, 1.82) is 0 Å². The number of carbonyl (C=O) groups excluding carboxylic acids is 1. The van der Waals surface area contributed by atoms with Crippen molar-refractivity contribution in [2.24, 2.45) is 0 Å². The highest BCUT2D eigenvalue weighted by atomic mass is 16.5. The van der Waals surface area contributed by atoms with E-state index in [1.165, 1.54) is 25.7 Å². The Balaban J connectivity index is 1.43. The van der Waals surface area contributed by atoms with Gasteiger partial charge in [-0.15, -0.1) is 0 Å². The molecule has 1 aromatic heterocycles. The first-order valence-electron chi connectivity index (χ1n) is 9.27.